The molecule has 1 aliphatic carbocycles. The Morgan fingerprint density at radius 3 is 2.50 bits per heavy atom. The molecule has 4 nitrogen and oxygen atoms in total. The van der Waals surface area contributed by atoms with E-state index in [1.807, 2.05) is 13.1 Å². The molecule has 0 bridgehead atoms. The Morgan fingerprint density at radius 2 is 1.79 bits per heavy atom. The summed E-state index contributed by atoms with van der Waals surface area (Å²) in [5.41, 5.74) is 4.80. The van der Waals surface area contributed by atoms with Crippen molar-refractivity contribution >= 4 is 11.0 Å². The van der Waals surface area contributed by atoms with E-state index in [-0.39, 0.29) is 11.4 Å². The summed E-state index contributed by atoms with van der Waals surface area (Å²) in [6, 6.07) is 12.3. The van der Waals surface area contributed by atoms with Gasteiger partial charge in [-0.1, -0.05) is 12.1 Å². The number of aryl methyl sites for hydroxylation is 2. The molecule has 0 atom stereocenters. The first kappa shape index (κ1) is 18.6. The summed E-state index contributed by atoms with van der Waals surface area (Å²) in [5.74, 6) is 0.141. The van der Waals surface area contributed by atoms with Gasteiger partial charge >= 0.3 is 12.2 Å². The van der Waals surface area contributed by atoms with Gasteiger partial charge in [-0.05, 0) is 72.8 Å². The lowest BCUT2D eigenvalue weighted by atomic mass is 10.0. The van der Waals surface area contributed by atoms with Gasteiger partial charge in [-0.15, -0.1) is 0 Å². The summed E-state index contributed by atoms with van der Waals surface area (Å²) in [4.78, 5) is 14.1. The third-order valence-corrected chi connectivity index (χ3v) is 5.08. The smallest absolute Gasteiger partial charge is 0.387 e. The molecule has 0 radical (unpaired) electrons. The highest BCUT2D eigenvalue weighted by atomic mass is 19.3. The number of halogens is 2. The number of rotatable bonds is 6. The Bertz CT molecular complexity index is 1040. The highest BCUT2D eigenvalue weighted by Crippen LogP contribution is 2.29. The van der Waals surface area contributed by atoms with Crippen molar-refractivity contribution in [1.82, 2.24) is 4.90 Å². The fourth-order valence-electron chi connectivity index (χ4n) is 3.86. The van der Waals surface area contributed by atoms with E-state index in [2.05, 4.69) is 15.7 Å². The van der Waals surface area contributed by atoms with Crippen LogP contribution >= 0.6 is 0 Å². The van der Waals surface area contributed by atoms with E-state index in [0.717, 1.165) is 35.8 Å². The van der Waals surface area contributed by atoms with Crippen molar-refractivity contribution in [2.24, 2.45) is 0 Å². The zero-order valence-corrected chi connectivity index (χ0v) is 15.6. The van der Waals surface area contributed by atoms with Gasteiger partial charge < -0.3 is 9.15 Å². The zero-order chi connectivity index (χ0) is 19.7. The van der Waals surface area contributed by atoms with Crippen LogP contribution in [0.5, 0.6) is 5.75 Å². The number of hydrogen-bond acceptors (Lipinski definition) is 4. The monoisotopic (exact) mass is 385 g/mol. The first-order valence-corrected chi connectivity index (χ1v) is 9.29. The summed E-state index contributed by atoms with van der Waals surface area (Å²) in [5, 5.41) is 0.979. The summed E-state index contributed by atoms with van der Waals surface area (Å²) in [6.07, 6.45) is 3.23. The Kier molecular flexibility index (Phi) is 5.13. The van der Waals surface area contributed by atoms with Crippen molar-refractivity contribution in [3.8, 4) is 5.75 Å². The number of ether oxygens (including phenoxy) is 1. The number of benzene rings is 2. The second-order valence-electron chi connectivity index (χ2n) is 7.26. The third kappa shape index (κ3) is 4.07. The van der Waals surface area contributed by atoms with E-state index in [1.54, 1.807) is 18.2 Å². The second kappa shape index (κ2) is 7.72. The average Bonchev–Trinajstić information content (AvgIpc) is 3.08. The largest absolute Gasteiger partial charge is 0.435 e. The summed E-state index contributed by atoms with van der Waals surface area (Å²) >= 11 is 0. The molecule has 0 saturated heterocycles. The molecule has 1 aliphatic rings. The molecule has 4 rings (SSSR count). The minimum atomic E-state index is -2.83. The quantitative estimate of drug-likeness (QED) is 0.586. The molecule has 2 aromatic carbocycles. The first-order valence-electron chi connectivity index (χ1n) is 9.29. The molecule has 0 fully saturated rings. The molecule has 1 heterocycles. The summed E-state index contributed by atoms with van der Waals surface area (Å²) < 4.78 is 34.3. The lowest BCUT2D eigenvalue weighted by Crippen LogP contribution is -2.18. The molecule has 1 aromatic heterocycles. The van der Waals surface area contributed by atoms with Crippen LogP contribution in [0.25, 0.3) is 11.0 Å². The van der Waals surface area contributed by atoms with Gasteiger partial charge in [-0.3, -0.25) is 4.90 Å². The molecule has 146 valence electrons. The Morgan fingerprint density at radius 1 is 1.07 bits per heavy atom. The van der Waals surface area contributed by atoms with Crippen LogP contribution in [-0.2, 0) is 25.9 Å². The maximum Gasteiger partial charge on any atom is 0.387 e. The van der Waals surface area contributed by atoms with Gasteiger partial charge in [0.05, 0.1) is 0 Å². The fourth-order valence-corrected chi connectivity index (χ4v) is 3.86. The van der Waals surface area contributed by atoms with Crippen molar-refractivity contribution in [1.29, 1.82) is 0 Å². The summed E-state index contributed by atoms with van der Waals surface area (Å²) in [6.45, 7) is -1.63. The van der Waals surface area contributed by atoms with Crippen LogP contribution in [0, 0.1) is 0 Å². The van der Waals surface area contributed by atoms with E-state index in [0.29, 0.717) is 18.7 Å². The van der Waals surface area contributed by atoms with Crippen molar-refractivity contribution in [3.05, 3.63) is 75.1 Å². The van der Waals surface area contributed by atoms with Crippen LogP contribution in [-0.4, -0.2) is 18.6 Å². The Balaban J connectivity index is 1.53. The molecule has 0 N–H and O–H groups in total. The summed E-state index contributed by atoms with van der Waals surface area (Å²) in [7, 11) is 1.96. The van der Waals surface area contributed by atoms with E-state index in [1.165, 1.54) is 23.3 Å². The lowest BCUT2D eigenvalue weighted by molar-refractivity contribution is -0.0498. The third-order valence-electron chi connectivity index (χ3n) is 5.08. The van der Waals surface area contributed by atoms with Gasteiger partial charge in [0.1, 0.15) is 11.3 Å². The van der Waals surface area contributed by atoms with Crippen LogP contribution in [0.2, 0.25) is 0 Å². The molecule has 28 heavy (non-hydrogen) atoms. The predicted octanol–water partition coefficient (Wildman–Crippen LogP) is 4.52. The van der Waals surface area contributed by atoms with E-state index >= 15 is 0 Å². The van der Waals surface area contributed by atoms with Crippen LogP contribution in [0.3, 0.4) is 0 Å². The van der Waals surface area contributed by atoms with Crippen LogP contribution in [0.1, 0.15) is 28.7 Å². The van der Waals surface area contributed by atoms with E-state index in [9.17, 15) is 13.6 Å². The standard InChI is InChI=1S/C22H21F2NO3/c1-25(12-14-5-7-18(8-6-14)27-22(23)24)13-17-11-21(26)28-20-10-16-4-2-3-15(16)9-19(17)20/h5-11,22H,2-4,12-13H2,1H3. The second-order valence-corrected chi connectivity index (χ2v) is 7.26. The maximum absolute atomic E-state index is 12.3. The topological polar surface area (TPSA) is 42.7 Å². The minimum Gasteiger partial charge on any atom is -0.435 e. The van der Waals surface area contributed by atoms with Crippen molar-refractivity contribution in [2.75, 3.05) is 7.05 Å². The van der Waals surface area contributed by atoms with Gasteiger partial charge in [0, 0.05) is 24.5 Å². The molecule has 3 aromatic rings. The molecule has 6 heteroatoms. The minimum absolute atomic E-state index is 0.141. The molecule has 0 unspecified atom stereocenters. The van der Waals surface area contributed by atoms with Crippen LogP contribution < -0.4 is 10.4 Å². The van der Waals surface area contributed by atoms with E-state index in [4.69, 9.17) is 4.42 Å². The van der Waals surface area contributed by atoms with Crippen molar-refractivity contribution in [3.63, 3.8) is 0 Å². The van der Waals surface area contributed by atoms with Gasteiger partial charge in [0.15, 0.2) is 0 Å². The predicted molar refractivity (Wildman–Crippen MR) is 103 cm³/mol. The van der Waals surface area contributed by atoms with Crippen molar-refractivity contribution < 1.29 is 17.9 Å². The number of alkyl halides is 2. The normalized spacial score (nSPS) is 13.5. The number of hydrogen-bond donors (Lipinski definition) is 0. The molecular weight excluding hydrogens is 364 g/mol. The maximum atomic E-state index is 12.3. The van der Waals surface area contributed by atoms with Crippen LogP contribution in [0.4, 0.5) is 8.78 Å². The van der Waals surface area contributed by atoms with Crippen molar-refractivity contribution in [2.45, 2.75) is 39.0 Å². The van der Waals surface area contributed by atoms with Gasteiger partial charge in [-0.2, -0.15) is 8.78 Å². The molecule has 0 aliphatic heterocycles. The Hall–Kier alpha value is -2.73. The van der Waals surface area contributed by atoms with Gasteiger partial charge in [0.25, 0.3) is 0 Å². The molecular formula is C22H21F2NO3. The Labute approximate surface area is 161 Å². The fraction of sp³-hybridized carbons (Fsp3) is 0.318. The van der Waals surface area contributed by atoms with Gasteiger partial charge in [-0.25, -0.2) is 4.79 Å². The van der Waals surface area contributed by atoms with E-state index < -0.39 is 6.61 Å². The first-order chi connectivity index (χ1) is 13.5. The number of fused-ring (bicyclic) bond motifs is 2. The highest BCUT2D eigenvalue weighted by molar-refractivity contribution is 5.82. The number of nitrogens with zero attached hydrogens (tertiary/aromatic N) is 1. The molecule has 0 saturated carbocycles. The molecule has 0 spiro atoms. The average molecular weight is 385 g/mol. The lowest BCUT2D eigenvalue weighted by Gasteiger charge is -2.18. The van der Waals surface area contributed by atoms with Crippen LogP contribution in [0.15, 0.2) is 51.7 Å². The zero-order valence-electron chi connectivity index (χ0n) is 15.6. The molecule has 0 amide bonds. The van der Waals surface area contributed by atoms with Gasteiger partial charge in [0.2, 0.25) is 0 Å². The highest BCUT2D eigenvalue weighted by Gasteiger charge is 2.16. The SMILES string of the molecule is CN(Cc1ccc(OC(F)F)cc1)Cc1cc(=O)oc2cc3c(cc12)CCC3.